The number of urea groups is 1. The Balaban J connectivity index is 0.000000133. The van der Waals surface area contributed by atoms with E-state index < -0.39 is 33.0 Å². The highest BCUT2D eigenvalue weighted by atomic mass is 32.2. The van der Waals surface area contributed by atoms with Gasteiger partial charge in [-0.05, 0) is 97.5 Å². The van der Waals surface area contributed by atoms with Gasteiger partial charge in [0.25, 0.3) is 17.7 Å². The highest BCUT2D eigenvalue weighted by Gasteiger charge is 2.30. The SMILES string of the molecule is CN(C(=O)N1CCC(c2cnn(C3=CC(=O)NS3=O)c2)CC1)c1ccccc1.CN(c1ccc(-c2cnn(C3=CC(=O)NS3=O)c2)cn1)C1CCOCC1.CN1CCOc2cc(-c3ccc(CCc4cnn(C5=CC(=O)NS5=O)c4)cn3)cnc21. The van der Waals surface area contributed by atoms with Crippen molar-refractivity contribution in [1.82, 2.24) is 63.4 Å². The number of piperidine rings is 1. The van der Waals surface area contributed by atoms with Gasteiger partial charge in [0.05, 0.1) is 30.8 Å². The number of hydrogen-bond donors (Lipinski definition) is 3. The van der Waals surface area contributed by atoms with E-state index in [1.165, 1.54) is 32.3 Å². The third-order valence-corrected chi connectivity index (χ3v) is 18.2. The number of nitrogens with one attached hydrogen (secondary N) is 3. The molecule has 3 unspecified atom stereocenters. The van der Waals surface area contributed by atoms with Crippen molar-refractivity contribution in [3.05, 3.63) is 151 Å². The molecule has 2 fully saturated rings. The summed E-state index contributed by atoms with van der Waals surface area (Å²) in [6, 6.07) is 20.0. The molecule has 5 amide bonds. The lowest BCUT2D eigenvalue weighted by Gasteiger charge is -2.34. The number of ether oxygens (including phenoxy) is 2. The van der Waals surface area contributed by atoms with E-state index in [0.717, 1.165) is 120 Å². The van der Waals surface area contributed by atoms with Gasteiger partial charge in [-0.2, -0.15) is 15.3 Å². The number of carbonyl (C=O) groups is 4. The predicted octanol–water partition coefficient (Wildman–Crippen LogP) is 4.61. The van der Waals surface area contributed by atoms with Crippen LogP contribution in [-0.2, 0) is 64.9 Å². The molecule has 6 aliphatic heterocycles. The standard InChI is InChI=1S/C21H20N6O3S.C19H21N5O3S.C17H19N5O3S/c1-26-6-7-30-18-8-16(12-23-21(18)26)17-5-4-14(10-22-17)2-3-15-11-24-27(13-15)20-9-19(28)25-31(20)29;1-22(16-5-3-2-4-6-16)19(26)23-9-7-14(8-10-23)15-12-20-24(13-15)18-11-17(25)21-28(18)27;1-21(14-4-6-25-7-5-14)15-3-2-12(9-18-15)13-10-19-22(11-13)17-8-16(23)20-26(17)24/h4-5,8-13H,2-3,6-7H2,1H3,(H,25,28);2-6,11-14H,7-10H2,1H3,(H,21,25);2-3,8-11,14H,4-7H2,1H3,(H,20,23). The monoisotopic (exact) mass is 1210 g/mol. The Labute approximate surface area is 496 Å². The molecule has 0 radical (unpaired) electrons. The lowest BCUT2D eigenvalue weighted by molar-refractivity contribution is -0.115. The van der Waals surface area contributed by atoms with E-state index in [0.29, 0.717) is 40.8 Å². The third-order valence-electron chi connectivity index (χ3n) is 15.0. The van der Waals surface area contributed by atoms with Crippen molar-refractivity contribution in [2.75, 3.05) is 75.3 Å². The molecule has 6 aromatic heterocycles. The van der Waals surface area contributed by atoms with Crippen molar-refractivity contribution in [3.63, 3.8) is 0 Å². The van der Waals surface area contributed by atoms with E-state index in [1.807, 2.05) is 85.1 Å². The maximum atomic E-state index is 12.7. The van der Waals surface area contributed by atoms with Gasteiger partial charge in [-0.25, -0.2) is 41.4 Å². The Morgan fingerprint density at radius 1 is 0.624 bits per heavy atom. The molecule has 2 saturated heterocycles. The summed E-state index contributed by atoms with van der Waals surface area (Å²) >= 11 is 0. The summed E-state index contributed by atoms with van der Waals surface area (Å²) in [4.78, 5) is 68.2. The van der Waals surface area contributed by atoms with Crippen molar-refractivity contribution < 1.29 is 41.3 Å². The molecule has 13 rings (SSSR count). The quantitative estimate of drug-likeness (QED) is 0.151. The lowest BCUT2D eigenvalue weighted by atomic mass is 9.92. The number of aromatic nitrogens is 9. The topological polar surface area (TPSA) is 279 Å². The third kappa shape index (κ3) is 13.5. The van der Waals surface area contributed by atoms with Crippen LogP contribution in [-0.4, -0.2) is 152 Å². The summed E-state index contributed by atoms with van der Waals surface area (Å²) in [7, 11) is 1.16. The van der Waals surface area contributed by atoms with Gasteiger partial charge >= 0.3 is 6.03 Å². The van der Waals surface area contributed by atoms with Gasteiger partial charge in [0.2, 0.25) is 0 Å². The molecular weight excluding hydrogens is 1150 g/mol. The molecule has 3 atom stereocenters. The van der Waals surface area contributed by atoms with Gasteiger partial charge in [0, 0.05) is 131 Å². The van der Waals surface area contributed by atoms with Crippen LogP contribution in [0.1, 0.15) is 48.3 Å². The molecule has 0 spiro atoms. The number of nitrogens with zero attached hydrogens (tertiary/aromatic N) is 13. The minimum absolute atomic E-state index is 0.00330. The van der Waals surface area contributed by atoms with Crippen molar-refractivity contribution in [1.29, 1.82) is 0 Å². The zero-order valence-corrected chi connectivity index (χ0v) is 49.0. The number of fused-ring (bicyclic) bond motifs is 1. The van der Waals surface area contributed by atoms with Crippen LogP contribution in [0, 0.1) is 0 Å². The molecule has 25 nitrogen and oxygen atoms in total. The van der Waals surface area contributed by atoms with Crippen LogP contribution >= 0.6 is 0 Å². The molecule has 0 aliphatic carbocycles. The summed E-state index contributed by atoms with van der Waals surface area (Å²) in [6.07, 6.45) is 25.1. The second kappa shape index (κ2) is 25.9. The molecule has 0 saturated carbocycles. The fourth-order valence-electron chi connectivity index (χ4n) is 10.1. The maximum Gasteiger partial charge on any atom is 0.324 e. The minimum Gasteiger partial charge on any atom is -0.488 e. The first-order chi connectivity index (χ1) is 41.2. The van der Waals surface area contributed by atoms with E-state index >= 15 is 0 Å². The highest BCUT2D eigenvalue weighted by molar-refractivity contribution is 7.94. The molecule has 6 aliphatic rings. The zero-order chi connectivity index (χ0) is 59.1. The number of rotatable bonds is 12. The number of pyridine rings is 3. The number of likely N-dealkylation sites (N-methyl/N-ethyl adjacent to an activating group) is 1. The molecule has 1 aromatic carbocycles. The second-order valence-electron chi connectivity index (χ2n) is 20.5. The Bertz CT molecular complexity index is 3800. The van der Waals surface area contributed by atoms with E-state index in [-0.39, 0.29) is 29.7 Å². The summed E-state index contributed by atoms with van der Waals surface area (Å²) in [5.74, 6) is 1.71. The first kappa shape index (κ1) is 57.8. The summed E-state index contributed by atoms with van der Waals surface area (Å²) in [5.41, 5.74) is 7.50. The number of amides is 5. The number of carbonyl (C=O) groups excluding carboxylic acids is 4. The van der Waals surface area contributed by atoms with Crippen molar-refractivity contribution in [2.45, 2.75) is 50.5 Å². The first-order valence-electron chi connectivity index (χ1n) is 27.3. The van der Waals surface area contributed by atoms with Crippen molar-refractivity contribution in [2.24, 2.45) is 0 Å². The van der Waals surface area contributed by atoms with Crippen LogP contribution in [0.25, 0.3) is 37.5 Å². The van der Waals surface area contributed by atoms with Gasteiger partial charge in [0.1, 0.15) is 12.4 Å². The molecule has 3 N–H and O–H groups in total. The van der Waals surface area contributed by atoms with Crippen LogP contribution in [0.2, 0.25) is 0 Å². The molecule has 7 aromatic rings. The lowest BCUT2D eigenvalue weighted by Crippen LogP contribution is -2.45. The maximum absolute atomic E-state index is 12.7. The van der Waals surface area contributed by atoms with Crippen LogP contribution < -0.4 is 33.6 Å². The summed E-state index contributed by atoms with van der Waals surface area (Å²) in [6.45, 7) is 4.40. The highest BCUT2D eigenvalue weighted by Crippen LogP contribution is 2.33. The zero-order valence-electron chi connectivity index (χ0n) is 46.6. The first-order valence-corrected chi connectivity index (χ1v) is 30.8. The normalized spacial score (nSPS) is 19.4. The largest absolute Gasteiger partial charge is 0.488 e. The fourth-order valence-corrected chi connectivity index (χ4v) is 12.6. The molecule has 0 bridgehead atoms. The van der Waals surface area contributed by atoms with Crippen molar-refractivity contribution >= 4 is 89.1 Å². The predicted molar refractivity (Wildman–Crippen MR) is 321 cm³/mol. The number of benzene rings is 1. The number of para-hydroxylation sites is 1. The van der Waals surface area contributed by atoms with E-state index in [9.17, 15) is 31.8 Å². The van der Waals surface area contributed by atoms with Gasteiger partial charge in [0.15, 0.2) is 59.6 Å². The number of aryl methyl sites for hydroxylation is 2. The molecule has 85 heavy (non-hydrogen) atoms. The Hall–Kier alpha value is -8.99. The van der Waals surface area contributed by atoms with Gasteiger partial charge in [-0.3, -0.25) is 38.4 Å². The van der Waals surface area contributed by atoms with Crippen LogP contribution in [0.4, 0.5) is 22.1 Å². The van der Waals surface area contributed by atoms with Crippen LogP contribution in [0.3, 0.4) is 0 Å². The molecule has 28 heteroatoms. The summed E-state index contributed by atoms with van der Waals surface area (Å²) in [5, 5.41) is 13.7. The number of anilines is 3. The molecular formula is C57H60N16O9S3. The Morgan fingerprint density at radius 2 is 1.25 bits per heavy atom. The van der Waals surface area contributed by atoms with Crippen LogP contribution in [0.5, 0.6) is 5.75 Å². The van der Waals surface area contributed by atoms with E-state index in [2.05, 4.69) is 67.3 Å². The fraction of sp³-hybridized carbons (Fsp3) is 0.298. The van der Waals surface area contributed by atoms with Crippen molar-refractivity contribution in [3.8, 4) is 28.1 Å². The van der Waals surface area contributed by atoms with Gasteiger partial charge in [-0.15, -0.1) is 0 Å². The number of likely N-dealkylation sites (tertiary alicyclic amines) is 1. The minimum atomic E-state index is -1.57. The Kier molecular flexibility index (Phi) is 17.6. The average Bonchev–Trinajstić information content (AvgIpc) is 4.26. The molecule has 440 valence electrons. The number of hydrogen-bond acceptors (Lipinski definition) is 17. The van der Waals surface area contributed by atoms with Gasteiger partial charge in [-0.1, -0.05) is 24.3 Å². The summed E-state index contributed by atoms with van der Waals surface area (Å²) < 4.78 is 58.1. The van der Waals surface area contributed by atoms with Gasteiger partial charge < -0.3 is 24.2 Å². The molecule has 12 heterocycles. The van der Waals surface area contributed by atoms with E-state index in [1.54, 1.807) is 49.1 Å². The smallest absolute Gasteiger partial charge is 0.324 e. The van der Waals surface area contributed by atoms with Crippen LogP contribution in [0.15, 0.2) is 135 Å². The Morgan fingerprint density at radius 3 is 1.87 bits per heavy atom. The average molecular weight is 1210 g/mol. The second-order valence-corrected chi connectivity index (χ2v) is 24.0. The van der Waals surface area contributed by atoms with E-state index in [4.69, 9.17) is 9.47 Å².